The van der Waals surface area contributed by atoms with E-state index in [-0.39, 0.29) is 36.1 Å². The van der Waals surface area contributed by atoms with Gasteiger partial charge in [-0.05, 0) is 28.1 Å². The lowest BCUT2D eigenvalue weighted by molar-refractivity contribution is 0.245. The van der Waals surface area contributed by atoms with Gasteiger partial charge < -0.3 is 9.52 Å². The van der Waals surface area contributed by atoms with Gasteiger partial charge in [-0.1, -0.05) is 34.8 Å². The predicted molar refractivity (Wildman–Crippen MR) is 84.6 cm³/mol. The largest absolute Gasteiger partial charge is 0.450 e. The molecular weight excluding hydrogens is 428 g/mol. The van der Waals surface area contributed by atoms with Gasteiger partial charge in [0.25, 0.3) is 10.0 Å². The van der Waals surface area contributed by atoms with Crippen LogP contribution in [0, 0.1) is 0 Å². The molecule has 0 saturated heterocycles. The minimum absolute atomic E-state index is 0.00128. The summed E-state index contributed by atoms with van der Waals surface area (Å²) in [5.74, 6) is 0.0931. The van der Waals surface area contributed by atoms with Gasteiger partial charge in [0.1, 0.15) is 17.3 Å². The lowest BCUT2D eigenvalue weighted by Crippen LogP contribution is -2.13. The molecular formula is C11H7BrCl3NO4S. The van der Waals surface area contributed by atoms with Gasteiger partial charge in [0.15, 0.2) is 4.67 Å². The zero-order valence-corrected chi connectivity index (χ0v) is 14.7. The number of benzene rings is 1. The SMILES string of the molecule is O=S(=O)(Nc1c(Cl)cc(Cl)cc1Cl)c1cc(CO)oc1Br. The summed E-state index contributed by atoms with van der Waals surface area (Å²) in [6.45, 7) is -0.434. The van der Waals surface area contributed by atoms with Crippen molar-refractivity contribution in [3.05, 3.63) is 43.7 Å². The van der Waals surface area contributed by atoms with Crippen LogP contribution >= 0.6 is 50.7 Å². The Morgan fingerprint density at radius 1 is 1.19 bits per heavy atom. The highest BCUT2D eigenvalue weighted by Crippen LogP contribution is 2.36. The lowest BCUT2D eigenvalue weighted by atomic mass is 10.3. The Morgan fingerprint density at radius 3 is 2.24 bits per heavy atom. The number of anilines is 1. The third-order valence-electron chi connectivity index (χ3n) is 2.40. The van der Waals surface area contributed by atoms with Gasteiger partial charge in [0.05, 0.1) is 15.7 Å². The average Bonchev–Trinajstić information content (AvgIpc) is 2.76. The van der Waals surface area contributed by atoms with E-state index in [9.17, 15) is 8.42 Å². The molecule has 10 heteroatoms. The molecule has 0 radical (unpaired) electrons. The Bertz CT molecular complexity index is 768. The fourth-order valence-electron chi connectivity index (χ4n) is 1.49. The van der Waals surface area contributed by atoms with Crippen molar-refractivity contribution < 1.29 is 17.9 Å². The second-order valence-corrected chi connectivity index (χ2v) is 7.48. The summed E-state index contributed by atoms with van der Waals surface area (Å²) in [6, 6.07) is 3.90. The Kier molecular flexibility index (Phi) is 5.12. The van der Waals surface area contributed by atoms with Crippen LogP contribution in [0.25, 0.3) is 0 Å². The number of nitrogens with one attached hydrogen (secondary N) is 1. The molecule has 114 valence electrons. The van der Waals surface area contributed by atoms with Gasteiger partial charge >= 0.3 is 0 Å². The number of hydrogen-bond acceptors (Lipinski definition) is 4. The number of furan rings is 1. The van der Waals surface area contributed by atoms with Crippen LogP contribution in [0.2, 0.25) is 15.1 Å². The summed E-state index contributed by atoms with van der Waals surface area (Å²) in [6.07, 6.45) is 0. The molecule has 0 fully saturated rings. The van der Waals surface area contributed by atoms with Crippen LogP contribution in [-0.2, 0) is 16.6 Å². The number of halogens is 4. The highest BCUT2D eigenvalue weighted by atomic mass is 79.9. The zero-order chi connectivity index (χ0) is 15.8. The van der Waals surface area contributed by atoms with E-state index >= 15 is 0 Å². The first-order valence-corrected chi connectivity index (χ1v) is 8.72. The van der Waals surface area contributed by atoms with E-state index in [0.717, 1.165) is 0 Å². The predicted octanol–water partition coefficient (Wildman–Crippen LogP) is 4.30. The fourth-order valence-corrected chi connectivity index (χ4v) is 4.61. The van der Waals surface area contributed by atoms with E-state index in [1.54, 1.807) is 0 Å². The maximum atomic E-state index is 12.3. The molecule has 0 atom stereocenters. The molecule has 1 aromatic carbocycles. The maximum Gasteiger partial charge on any atom is 0.266 e. The summed E-state index contributed by atoms with van der Waals surface area (Å²) >= 11 is 20.6. The number of hydrogen-bond donors (Lipinski definition) is 2. The topological polar surface area (TPSA) is 79.5 Å². The van der Waals surface area contributed by atoms with Crippen LogP contribution in [0.4, 0.5) is 5.69 Å². The van der Waals surface area contributed by atoms with Gasteiger partial charge in [-0.2, -0.15) is 0 Å². The molecule has 2 rings (SSSR count). The molecule has 1 heterocycles. The first-order chi connectivity index (χ1) is 9.74. The van der Waals surface area contributed by atoms with Crippen molar-refractivity contribution in [2.24, 2.45) is 0 Å². The normalized spacial score (nSPS) is 11.7. The van der Waals surface area contributed by atoms with Crippen molar-refractivity contribution in [1.82, 2.24) is 0 Å². The van der Waals surface area contributed by atoms with Gasteiger partial charge in [-0.15, -0.1) is 0 Å². The van der Waals surface area contributed by atoms with Gasteiger partial charge in [-0.25, -0.2) is 8.42 Å². The van der Waals surface area contributed by atoms with Crippen molar-refractivity contribution in [3.63, 3.8) is 0 Å². The van der Waals surface area contributed by atoms with Crippen LogP contribution in [0.15, 0.2) is 32.2 Å². The van der Waals surface area contributed by atoms with Crippen molar-refractivity contribution in [2.75, 3.05) is 4.72 Å². The molecule has 0 saturated carbocycles. The number of aliphatic hydroxyl groups is 1. The first-order valence-electron chi connectivity index (χ1n) is 5.31. The summed E-state index contributed by atoms with van der Waals surface area (Å²) < 4.78 is 31.9. The minimum atomic E-state index is -4.00. The fraction of sp³-hybridized carbons (Fsp3) is 0.0909. The lowest BCUT2D eigenvalue weighted by Gasteiger charge is -2.10. The molecule has 0 unspecified atom stereocenters. The molecule has 0 aliphatic carbocycles. The van der Waals surface area contributed by atoms with Crippen LogP contribution < -0.4 is 4.72 Å². The molecule has 2 N–H and O–H groups in total. The third-order valence-corrected chi connectivity index (χ3v) is 5.42. The summed E-state index contributed by atoms with van der Waals surface area (Å²) in [4.78, 5) is -0.186. The van der Waals surface area contributed by atoms with E-state index in [0.29, 0.717) is 0 Å². The van der Waals surface area contributed by atoms with Crippen LogP contribution in [0.5, 0.6) is 0 Å². The summed E-state index contributed by atoms with van der Waals surface area (Å²) in [5.41, 5.74) is 0.00128. The Balaban J connectivity index is 2.44. The third kappa shape index (κ3) is 3.67. The van der Waals surface area contributed by atoms with Gasteiger partial charge in [-0.3, -0.25) is 4.72 Å². The minimum Gasteiger partial charge on any atom is -0.450 e. The monoisotopic (exact) mass is 433 g/mol. The van der Waals surface area contributed by atoms with Gasteiger partial charge in [0, 0.05) is 11.1 Å². The van der Waals surface area contributed by atoms with E-state index in [2.05, 4.69) is 20.7 Å². The molecule has 0 bridgehead atoms. The van der Waals surface area contributed by atoms with Crippen LogP contribution in [0.1, 0.15) is 5.76 Å². The van der Waals surface area contributed by atoms with Crippen molar-refractivity contribution >= 4 is 66.4 Å². The molecule has 0 spiro atoms. The Hall–Kier alpha value is -0.440. The van der Waals surface area contributed by atoms with E-state index in [1.165, 1.54) is 18.2 Å². The molecule has 2 aromatic rings. The molecule has 1 aromatic heterocycles. The van der Waals surface area contributed by atoms with E-state index < -0.39 is 16.6 Å². The quantitative estimate of drug-likeness (QED) is 0.751. The highest BCUT2D eigenvalue weighted by Gasteiger charge is 2.24. The van der Waals surface area contributed by atoms with Crippen molar-refractivity contribution in [3.8, 4) is 0 Å². The van der Waals surface area contributed by atoms with Crippen LogP contribution in [-0.4, -0.2) is 13.5 Å². The summed E-state index contributed by atoms with van der Waals surface area (Å²) in [5, 5.41) is 9.35. The number of sulfonamides is 1. The summed E-state index contributed by atoms with van der Waals surface area (Å²) in [7, 11) is -4.00. The molecule has 5 nitrogen and oxygen atoms in total. The molecule has 0 aliphatic rings. The standard InChI is InChI=1S/C11H7BrCl3NO4S/c12-11-9(3-6(4-17)20-11)21(18,19)16-10-7(14)1-5(13)2-8(10)15/h1-3,16-17H,4H2. The first kappa shape index (κ1) is 16.9. The van der Waals surface area contributed by atoms with Gasteiger partial charge in [0.2, 0.25) is 0 Å². The highest BCUT2D eigenvalue weighted by molar-refractivity contribution is 9.10. The number of rotatable bonds is 4. The Labute approximate surface area is 144 Å². The zero-order valence-electron chi connectivity index (χ0n) is 10.0. The Morgan fingerprint density at radius 2 is 1.76 bits per heavy atom. The molecule has 0 aliphatic heterocycles. The van der Waals surface area contributed by atoms with E-state index in [1.807, 2.05) is 0 Å². The smallest absolute Gasteiger partial charge is 0.266 e. The van der Waals surface area contributed by atoms with Crippen molar-refractivity contribution in [1.29, 1.82) is 0 Å². The maximum absolute atomic E-state index is 12.3. The average molecular weight is 436 g/mol. The number of aliphatic hydroxyl groups excluding tert-OH is 1. The molecule has 21 heavy (non-hydrogen) atoms. The van der Waals surface area contributed by atoms with Crippen molar-refractivity contribution in [2.45, 2.75) is 11.5 Å². The second kappa shape index (κ2) is 6.36. The van der Waals surface area contributed by atoms with E-state index in [4.69, 9.17) is 44.3 Å². The van der Waals surface area contributed by atoms with Crippen LogP contribution in [0.3, 0.4) is 0 Å². The molecule has 0 amide bonds. The second-order valence-electron chi connectivity index (χ2n) is 3.86.